The Morgan fingerprint density at radius 2 is 2.10 bits per heavy atom. The number of nitrogens with zero attached hydrogens (tertiary/aromatic N) is 5. The number of rotatable bonds is 7. The normalized spacial score (nSPS) is 19.5. The molecule has 1 unspecified atom stereocenters. The largest absolute Gasteiger partial charge is 0.376 e. The van der Waals surface area contributed by atoms with Gasteiger partial charge in [-0.15, -0.1) is 0 Å². The summed E-state index contributed by atoms with van der Waals surface area (Å²) in [6.07, 6.45) is 3.91. The predicted octanol–water partition coefficient (Wildman–Crippen LogP) is 3.64. The highest BCUT2D eigenvalue weighted by Gasteiger charge is 2.32. The number of nitrogens with one attached hydrogen (secondary N) is 2. The average molecular weight is 444 g/mol. The molecule has 31 heavy (non-hydrogen) atoms. The molecule has 1 fully saturated rings. The summed E-state index contributed by atoms with van der Waals surface area (Å²) in [6.45, 7) is 7.14. The second kappa shape index (κ2) is 8.96. The first-order chi connectivity index (χ1) is 14.9. The van der Waals surface area contributed by atoms with Crippen LogP contribution in [0.5, 0.6) is 0 Å². The van der Waals surface area contributed by atoms with Crippen LogP contribution in [0, 0.1) is 0 Å². The van der Waals surface area contributed by atoms with Crippen molar-refractivity contribution in [3.63, 3.8) is 0 Å². The molecular weight excluding hydrogens is 414 g/mol. The quantitative estimate of drug-likeness (QED) is 0.561. The SMILES string of the molecule is COC1(CNc2nc(NCc3noc(C(C)(C)C)n3)c3ncccc3n2)CCCSC1. The van der Waals surface area contributed by atoms with Gasteiger partial charge in [0.05, 0.1) is 17.7 Å². The number of thioether (sulfide) groups is 1. The van der Waals surface area contributed by atoms with E-state index in [2.05, 4.69) is 35.7 Å². The second-order valence-corrected chi connectivity index (χ2v) is 9.89. The molecule has 1 aliphatic heterocycles. The third kappa shape index (κ3) is 5.07. The lowest BCUT2D eigenvalue weighted by molar-refractivity contribution is 0.0119. The molecule has 1 saturated heterocycles. The molecule has 0 aromatic carbocycles. The zero-order chi connectivity index (χ0) is 21.9. The number of hydrogen-bond donors (Lipinski definition) is 2. The first-order valence-electron chi connectivity index (χ1n) is 10.5. The van der Waals surface area contributed by atoms with Crippen LogP contribution in [0.1, 0.15) is 45.3 Å². The predicted molar refractivity (Wildman–Crippen MR) is 122 cm³/mol. The van der Waals surface area contributed by atoms with Crippen LogP contribution in [0.4, 0.5) is 11.8 Å². The summed E-state index contributed by atoms with van der Waals surface area (Å²) in [5, 5.41) is 10.8. The van der Waals surface area contributed by atoms with Crippen LogP contribution in [-0.2, 0) is 16.7 Å². The minimum atomic E-state index is -0.197. The van der Waals surface area contributed by atoms with E-state index in [1.54, 1.807) is 13.3 Å². The molecule has 4 heterocycles. The molecule has 10 heteroatoms. The molecule has 3 aromatic rings. The topological polar surface area (TPSA) is 111 Å². The van der Waals surface area contributed by atoms with Gasteiger partial charge >= 0.3 is 0 Å². The van der Waals surface area contributed by atoms with Gasteiger partial charge in [-0.25, -0.2) is 4.98 Å². The Kier molecular flexibility index (Phi) is 6.29. The van der Waals surface area contributed by atoms with E-state index in [-0.39, 0.29) is 11.0 Å². The van der Waals surface area contributed by atoms with E-state index in [4.69, 9.17) is 9.26 Å². The first kappa shape index (κ1) is 21.8. The summed E-state index contributed by atoms with van der Waals surface area (Å²) in [5.41, 5.74) is 1.07. The van der Waals surface area contributed by atoms with Crippen molar-refractivity contribution in [2.24, 2.45) is 0 Å². The molecule has 0 amide bonds. The molecule has 0 saturated carbocycles. The third-order valence-electron chi connectivity index (χ3n) is 5.27. The molecule has 0 spiro atoms. The van der Waals surface area contributed by atoms with E-state index in [1.165, 1.54) is 5.75 Å². The standard InChI is InChI=1S/C21H29N7O2S/c1-20(2,3)18-26-15(28-30-18)11-23-17-16-14(7-5-9-22-16)25-19(27-17)24-12-21(29-4)8-6-10-31-13-21/h5,7,9H,6,8,10-13H2,1-4H3,(H2,23,24,25,27). The summed E-state index contributed by atoms with van der Waals surface area (Å²) >= 11 is 1.93. The van der Waals surface area contributed by atoms with Gasteiger partial charge in [-0.05, 0) is 30.7 Å². The molecule has 0 aliphatic carbocycles. The number of anilines is 2. The van der Waals surface area contributed by atoms with Crippen LogP contribution in [-0.4, -0.2) is 55.9 Å². The summed E-state index contributed by atoms with van der Waals surface area (Å²) in [6, 6.07) is 3.79. The maximum absolute atomic E-state index is 5.86. The Balaban J connectivity index is 1.53. The van der Waals surface area contributed by atoms with Crippen molar-refractivity contribution in [1.82, 2.24) is 25.1 Å². The highest BCUT2D eigenvalue weighted by atomic mass is 32.2. The third-order valence-corrected chi connectivity index (χ3v) is 6.57. The van der Waals surface area contributed by atoms with Gasteiger partial charge in [0.1, 0.15) is 5.52 Å². The molecule has 1 atom stereocenters. The lowest BCUT2D eigenvalue weighted by Gasteiger charge is -2.35. The number of hydrogen-bond acceptors (Lipinski definition) is 10. The molecule has 1 aliphatic rings. The molecule has 166 valence electrons. The van der Waals surface area contributed by atoms with Crippen LogP contribution < -0.4 is 10.6 Å². The second-order valence-electron chi connectivity index (χ2n) is 8.78. The fourth-order valence-corrected chi connectivity index (χ4v) is 4.63. The van der Waals surface area contributed by atoms with E-state index >= 15 is 0 Å². The van der Waals surface area contributed by atoms with Crippen LogP contribution >= 0.6 is 11.8 Å². The summed E-state index contributed by atoms with van der Waals surface area (Å²) in [4.78, 5) is 18.2. The van der Waals surface area contributed by atoms with Crippen molar-refractivity contribution in [2.75, 3.05) is 35.8 Å². The van der Waals surface area contributed by atoms with Crippen molar-refractivity contribution < 1.29 is 9.26 Å². The van der Waals surface area contributed by atoms with Gasteiger partial charge in [-0.2, -0.15) is 21.7 Å². The van der Waals surface area contributed by atoms with Crippen LogP contribution in [0.25, 0.3) is 11.0 Å². The number of aromatic nitrogens is 5. The monoisotopic (exact) mass is 443 g/mol. The Hall–Kier alpha value is -2.46. The number of fused-ring (bicyclic) bond motifs is 1. The van der Waals surface area contributed by atoms with Crippen molar-refractivity contribution in [3.05, 3.63) is 30.0 Å². The van der Waals surface area contributed by atoms with Gasteiger partial charge in [-0.3, -0.25) is 4.98 Å². The maximum Gasteiger partial charge on any atom is 0.232 e. The van der Waals surface area contributed by atoms with Crippen molar-refractivity contribution >= 4 is 34.6 Å². The zero-order valence-electron chi connectivity index (χ0n) is 18.4. The fraction of sp³-hybridized carbons (Fsp3) is 0.571. The summed E-state index contributed by atoms with van der Waals surface area (Å²) < 4.78 is 11.2. The van der Waals surface area contributed by atoms with Gasteiger partial charge in [0.25, 0.3) is 0 Å². The molecule has 3 aromatic heterocycles. The van der Waals surface area contributed by atoms with Crippen molar-refractivity contribution in [3.8, 4) is 0 Å². The average Bonchev–Trinajstić information content (AvgIpc) is 3.26. The van der Waals surface area contributed by atoms with E-state index < -0.39 is 0 Å². The summed E-state index contributed by atoms with van der Waals surface area (Å²) in [7, 11) is 1.78. The van der Waals surface area contributed by atoms with E-state index in [0.717, 1.165) is 24.1 Å². The van der Waals surface area contributed by atoms with E-state index in [9.17, 15) is 0 Å². The molecule has 0 bridgehead atoms. The van der Waals surface area contributed by atoms with Crippen LogP contribution in [0.15, 0.2) is 22.9 Å². The smallest absolute Gasteiger partial charge is 0.232 e. The van der Waals surface area contributed by atoms with Crippen molar-refractivity contribution in [2.45, 2.75) is 51.2 Å². The lowest BCUT2D eigenvalue weighted by atomic mass is 9.97. The number of pyridine rings is 1. The molecule has 2 N–H and O–H groups in total. The lowest BCUT2D eigenvalue weighted by Crippen LogP contribution is -2.44. The minimum absolute atomic E-state index is 0.194. The number of ether oxygens (including phenoxy) is 1. The molecule has 4 rings (SSSR count). The fourth-order valence-electron chi connectivity index (χ4n) is 3.40. The van der Waals surface area contributed by atoms with Gasteiger partial charge in [0.15, 0.2) is 11.6 Å². The highest BCUT2D eigenvalue weighted by Crippen LogP contribution is 2.30. The summed E-state index contributed by atoms with van der Waals surface area (Å²) in [5.74, 6) is 4.49. The Morgan fingerprint density at radius 1 is 1.23 bits per heavy atom. The molecule has 9 nitrogen and oxygen atoms in total. The van der Waals surface area contributed by atoms with E-state index in [1.807, 2.05) is 44.7 Å². The Labute approximate surface area is 186 Å². The van der Waals surface area contributed by atoms with Crippen molar-refractivity contribution in [1.29, 1.82) is 0 Å². The molecular formula is C21H29N7O2S. The van der Waals surface area contributed by atoms with Gasteiger partial charge in [0.2, 0.25) is 11.8 Å². The first-order valence-corrected chi connectivity index (χ1v) is 11.6. The Bertz CT molecular complexity index is 1030. The van der Waals surface area contributed by atoms with E-state index in [0.29, 0.717) is 42.1 Å². The van der Waals surface area contributed by atoms with Gasteiger partial charge < -0.3 is 19.9 Å². The number of methoxy groups -OCH3 is 1. The zero-order valence-corrected chi connectivity index (χ0v) is 19.3. The highest BCUT2D eigenvalue weighted by molar-refractivity contribution is 7.99. The van der Waals surface area contributed by atoms with Crippen LogP contribution in [0.3, 0.4) is 0 Å². The molecule has 0 radical (unpaired) electrons. The maximum atomic E-state index is 5.86. The van der Waals surface area contributed by atoms with Gasteiger partial charge in [0, 0.05) is 31.0 Å². The van der Waals surface area contributed by atoms with Gasteiger partial charge in [-0.1, -0.05) is 25.9 Å². The Morgan fingerprint density at radius 3 is 2.81 bits per heavy atom. The minimum Gasteiger partial charge on any atom is -0.376 e. The van der Waals surface area contributed by atoms with Crippen LogP contribution in [0.2, 0.25) is 0 Å².